The molecule has 1 rings (SSSR count). The van der Waals surface area contributed by atoms with Crippen molar-refractivity contribution in [3.05, 3.63) is 0 Å². The third-order valence-electron chi connectivity index (χ3n) is 2.82. The Kier molecular flexibility index (Phi) is 6.07. The molecule has 1 aliphatic heterocycles. The molecular weight excluding hydrogens is 254 g/mol. The van der Waals surface area contributed by atoms with Crippen molar-refractivity contribution in [3.8, 4) is 0 Å². The summed E-state index contributed by atoms with van der Waals surface area (Å²) in [6, 6.07) is -0.441. The summed E-state index contributed by atoms with van der Waals surface area (Å²) in [7, 11) is 1.39. The maximum absolute atomic E-state index is 11.4. The second-order valence-electron chi connectivity index (χ2n) is 4.35. The molecule has 0 aliphatic carbocycles. The van der Waals surface area contributed by atoms with Crippen LogP contribution in [0.15, 0.2) is 0 Å². The minimum Gasteiger partial charge on any atom is -0.481 e. The number of nitrogens with one attached hydrogen (secondary N) is 3. The molecule has 0 spiro atoms. The summed E-state index contributed by atoms with van der Waals surface area (Å²) in [6.07, 6.45) is 0.460. The molecule has 3 amide bonds. The van der Waals surface area contributed by atoms with Crippen molar-refractivity contribution in [2.75, 3.05) is 20.2 Å². The molecular formula is C11H19N3O5. The van der Waals surface area contributed by atoms with Gasteiger partial charge in [-0.05, 0) is 6.42 Å². The fourth-order valence-electron chi connectivity index (χ4n) is 1.75. The summed E-state index contributed by atoms with van der Waals surface area (Å²) >= 11 is 0. The molecule has 108 valence electrons. The second kappa shape index (κ2) is 7.57. The van der Waals surface area contributed by atoms with Crippen LogP contribution in [0, 0.1) is 0 Å². The molecule has 0 aromatic rings. The summed E-state index contributed by atoms with van der Waals surface area (Å²) < 4.78 is 4.92. The van der Waals surface area contributed by atoms with E-state index in [4.69, 9.17) is 9.84 Å². The van der Waals surface area contributed by atoms with Gasteiger partial charge >= 0.3 is 12.0 Å². The number of carbonyl (C=O) groups excluding carboxylic acids is 2. The number of aliphatic carboxylic acids is 1. The molecule has 0 radical (unpaired) electrons. The molecule has 2 atom stereocenters. The summed E-state index contributed by atoms with van der Waals surface area (Å²) in [4.78, 5) is 32.9. The van der Waals surface area contributed by atoms with E-state index in [1.54, 1.807) is 0 Å². The number of hydrogen-bond donors (Lipinski definition) is 4. The molecule has 0 aromatic heterocycles. The zero-order valence-electron chi connectivity index (χ0n) is 10.8. The van der Waals surface area contributed by atoms with Crippen LogP contribution in [0.4, 0.5) is 4.79 Å². The first-order valence-corrected chi connectivity index (χ1v) is 6.07. The molecule has 19 heavy (non-hydrogen) atoms. The fraction of sp³-hybridized carbons (Fsp3) is 0.727. The maximum Gasteiger partial charge on any atom is 0.314 e. The van der Waals surface area contributed by atoms with Crippen LogP contribution in [0.2, 0.25) is 0 Å². The van der Waals surface area contributed by atoms with Crippen LogP contribution in [-0.2, 0) is 14.3 Å². The highest BCUT2D eigenvalue weighted by Gasteiger charge is 2.21. The standard InChI is InChI=1S/C11H19N3O5/c1-19-8(4-10(16)17)6-13-11(18)12-5-7-2-3-9(15)14-7/h7-8H,2-6H2,1H3,(H,14,15)(H,16,17)(H2,12,13,18). The molecule has 0 aromatic carbocycles. The van der Waals surface area contributed by atoms with Gasteiger partial charge in [-0.1, -0.05) is 0 Å². The molecule has 0 saturated carbocycles. The predicted molar refractivity (Wildman–Crippen MR) is 65.6 cm³/mol. The molecule has 1 heterocycles. The van der Waals surface area contributed by atoms with Crippen LogP contribution in [0.3, 0.4) is 0 Å². The van der Waals surface area contributed by atoms with E-state index in [1.165, 1.54) is 7.11 Å². The molecule has 0 bridgehead atoms. The van der Waals surface area contributed by atoms with E-state index in [2.05, 4.69) is 16.0 Å². The molecule has 2 unspecified atom stereocenters. The van der Waals surface area contributed by atoms with Gasteiger partial charge in [0.1, 0.15) is 0 Å². The van der Waals surface area contributed by atoms with Crippen molar-refractivity contribution in [1.29, 1.82) is 0 Å². The monoisotopic (exact) mass is 273 g/mol. The van der Waals surface area contributed by atoms with Crippen LogP contribution < -0.4 is 16.0 Å². The first-order chi connectivity index (χ1) is 9.01. The van der Waals surface area contributed by atoms with Crippen LogP contribution in [0.5, 0.6) is 0 Å². The van der Waals surface area contributed by atoms with Gasteiger partial charge < -0.3 is 25.8 Å². The largest absolute Gasteiger partial charge is 0.481 e. The Morgan fingerprint density at radius 2 is 2.26 bits per heavy atom. The Labute approximate surface area is 110 Å². The van der Waals surface area contributed by atoms with Crippen LogP contribution in [0.25, 0.3) is 0 Å². The smallest absolute Gasteiger partial charge is 0.314 e. The molecule has 8 nitrogen and oxygen atoms in total. The topological polar surface area (TPSA) is 117 Å². The minimum atomic E-state index is -0.984. The van der Waals surface area contributed by atoms with Gasteiger partial charge in [0.15, 0.2) is 0 Å². The van der Waals surface area contributed by atoms with Crippen LogP contribution >= 0.6 is 0 Å². The molecule has 1 aliphatic rings. The van der Waals surface area contributed by atoms with Gasteiger partial charge in [-0.2, -0.15) is 0 Å². The van der Waals surface area contributed by atoms with Crippen molar-refractivity contribution in [1.82, 2.24) is 16.0 Å². The number of carbonyl (C=O) groups is 3. The molecule has 1 fully saturated rings. The number of urea groups is 1. The van der Waals surface area contributed by atoms with Crippen molar-refractivity contribution < 1.29 is 24.2 Å². The van der Waals surface area contributed by atoms with E-state index in [1.807, 2.05) is 0 Å². The van der Waals surface area contributed by atoms with Crippen molar-refractivity contribution >= 4 is 17.9 Å². The maximum atomic E-state index is 11.4. The van der Waals surface area contributed by atoms with Crippen molar-refractivity contribution in [2.45, 2.75) is 31.4 Å². The first-order valence-electron chi connectivity index (χ1n) is 6.07. The first kappa shape index (κ1) is 15.2. The van der Waals surface area contributed by atoms with Gasteiger partial charge in [-0.3, -0.25) is 9.59 Å². The molecule has 8 heteroatoms. The van der Waals surface area contributed by atoms with Gasteiger partial charge in [0, 0.05) is 32.7 Å². The molecule has 4 N–H and O–H groups in total. The highest BCUT2D eigenvalue weighted by atomic mass is 16.5. The highest BCUT2D eigenvalue weighted by Crippen LogP contribution is 2.04. The number of amides is 3. The molecule has 1 saturated heterocycles. The van der Waals surface area contributed by atoms with Gasteiger partial charge in [-0.15, -0.1) is 0 Å². The fourth-order valence-corrected chi connectivity index (χ4v) is 1.75. The number of carboxylic acid groups (broad SMARTS) is 1. The third kappa shape index (κ3) is 6.05. The average Bonchev–Trinajstić information content (AvgIpc) is 2.77. The summed E-state index contributed by atoms with van der Waals surface area (Å²) in [5, 5.41) is 16.5. The van der Waals surface area contributed by atoms with E-state index < -0.39 is 18.1 Å². The van der Waals surface area contributed by atoms with Gasteiger partial charge in [-0.25, -0.2) is 4.79 Å². The van der Waals surface area contributed by atoms with E-state index in [0.29, 0.717) is 19.4 Å². The highest BCUT2D eigenvalue weighted by molar-refractivity contribution is 5.79. The number of carboxylic acids is 1. The second-order valence-corrected chi connectivity index (χ2v) is 4.35. The third-order valence-corrected chi connectivity index (χ3v) is 2.82. The Balaban J connectivity index is 2.16. The lowest BCUT2D eigenvalue weighted by Crippen LogP contribution is -2.45. The number of hydrogen-bond acceptors (Lipinski definition) is 4. The normalized spacial score (nSPS) is 19.6. The van der Waals surface area contributed by atoms with Gasteiger partial charge in [0.05, 0.1) is 12.5 Å². The SMILES string of the molecule is COC(CNC(=O)NCC1CCC(=O)N1)CC(=O)O. The van der Waals surface area contributed by atoms with Gasteiger partial charge in [0.2, 0.25) is 5.91 Å². The van der Waals surface area contributed by atoms with Gasteiger partial charge in [0.25, 0.3) is 0 Å². The zero-order valence-corrected chi connectivity index (χ0v) is 10.8. The number of ether oxygens (including phenoxy) is 1. The van der Waals surface area contributed by atoms with Crippen LogP contribution in [0.1, 0.15) is 19.3 Å². The Morgan fingerprint density at radius 1 is 1.53 bits per heavy atom. The van der Waals surface area contributed by atoms with Crippen molar-refractivity contribution in [3.63, 3.8) is 0 Å². The predicted octanol–water partition coefficient (Wildman–Crippen LogP) is -0.946. The Bertz CT molecular complexity index is 347. The number of methoxy groups -OCH3 is 1. The van der Waals surface area contributed by atoms with Crippen molar-refractivity contribution in [2.24, 2.45) is 0 Å². The zero-order chi connectivity index (χ0) is 14.3. The summed E-state index contributed by atoms with van der Waals surface area (Å²) in [5.41, 5.74) is 0. The van der Waals surface area contributed by atoms with E-state index >= 15 is 0 Å². The Hall–Kier alpha value is -1.83. The lowest BCUT2D eigenvalue weighted by Gasteiger charge is -2.15. The quantitative estimate of drug-likeness (QED) is 0.477. The summed E-state index contributed by atoms with van der Waals surface area (Å²) in [6.45, 7) is 0.472. The van der Waals surface area contributed by atoms with E-state index in [9.17, 15) is 14.4 Å². The van der Waals surface area contributed by atoms with Crippen LogP contribution in [-0.4, -0.2) is 55.4 Å². The lowest BCUT2D eigenvalue weighted by atomic mass is 10.2. The minimum absolute atomic E-state index is 0.00638. The average molecular weight is 273 g/mol. The summed E-state index contributed by atoms with van der Waals surface area (Å²) in [5.74, 6) is -0.990. The number of rotatable bonds is 7. The van der Waals surface area contributed by atoms with E-state index in [-0.39, 0.29) is 24.9 Å². The van der Waals surface area contributed by atoms with E-state index in [0.717, 1.165) is 0 Å². The Morgan fingerprint density at radius 3 is 2.79 bits per heavy atom. The lowest BCUT2D eigenvalue weighted by molar-refractivity contribution is -0.139.